The van der Waals surface area contributed by atoms with Crippen LogP contribution in [-0.2, 0) is 4.79 Å². The van der Waals surface area contributed by atoms with Crippen molar-refractivity contribution in [2.24, 2.45) is 0 Å². The minimum atomic E-state index is -0.0383. The number of nitrogen functional groups attached to an aromatic ring is 1. The molecule has 0 spiro atoms. The first kappa shape index (κ1) is 19.8. The number of benzene rings is 2. The highest BCUT2D eigenvalue weighted by Gasteiger charge is 2.32. The molecule has 5 rings (SSSR count). The Morgan fingerprint density at radius 2 is 1.90 bits per heavy atom. The molecule has 9 heteroatoms. The monoisotopic (exact) mass is 449 g/mol. The highest BCUT2D eigenvalue weighted by Crippen LogP contribution is 2.43. The van der Waals surface area contributed by atoms with Gasteiger partial charge < -0.3 is 15.2 Å². The Balaban J connectivity index is 1.40. The van der Waals surface area contributed by atoms with Gasteiger partial charge in [-0.2, -0.15) is 0 Å². The van der Waals surface area contributed by atoms with Gasteiger partial charge in [0.15, 0.2) is 5.76 Å². The van der Waals surface area contributed by atoms with Gasteiger partial charge in [0.1, 0.15) is 0 Å². The lowest BCUT2D eigenvalue weighted by Gasteiger charge is -2.37. The SMILES string of the molecule is Nn1c(SCC(=O)N2c3ccccc3SC[C@@H]2c2ccccc2)nnc1-c1ccco1. The first-order valence-corrected chi connectivity index (χ1v) is 11.7. The second kappa shape index (κ2) is 8.52. The number of hydrogen-bond acceptors (Lipinski definition) is 7. The highest BCUT2D eigenvalue weighted by molar-refractivity contribution is 8.00. The summed E-state index contributed by atoms with van der Waals surface area (Å²) in [5, 5.41) is 8.67. The molecule has 4 aromatic rings. The molecule has 1 aliphatic heterocycles. The number of aromatic nitrogens is 3. The van der Waals surface area contributed by atoms with Crippen molar-refractivity contribution in [3.05, 3.63) is 78.6 Å². The van der Waals surface area contributed by atoms with E-state index in [4.69, 9.17) is 10.3 Å². The fourth-order valence-electron chi connectivity index (χ4n) is 3.56. The predicted octanol–water partition coefficient (Wildman–Crippen LogP) is 4.22. The van der Waals surface area contributed by atoms with Crippen molar-refractivity contribution in [2.75, 3.05) is 22.2 Å². The fourth-order valence-corrected chi connectivity index (χ4v) is 5.45. The molecule has 2 aromatic heterocycles. The van der Waals surface area contributed by atoms with Gasteiger partial charge in [-0.15, -0.1) is 22.0 Å². The number of thioether (sulfide) groups is 2. The Labute approximate surface area is 187 Å². The number of anilines is 1. The van der Waals surface area contributed by atoms with E-state index in [0.717, 1.165) is 21.9 Å². The molecule has 31 heavy (non-hydrogen) atoms. The zero-order valence-electron chi connectivity index (χ0n) is 16.4. The molecule has 0 fully saturated rings. The smallest absolute Gasteiger partial charge is 0.238 e. The molecular formula is C22H19N5O2S2. The quantitative estimate of drug-likeness (QED) is 0.360. The zero-order chi connectivity index (χ0) is 21.2. The van der Waals surface area contributed by atoms with Gasteiger partial charge in [0.25, 0.3) is 0 Å². The third-order valence-electron chi connectivity index (χ3n) is 5.02. The average molecular weight is 450 g/mol. The summed E-state index contributed by atoms with van der Waals surface area (Å²) in [6.07, 6.45) is 1.55. The Kier molecular flexibility index (Phi) is 5.44. The molecule has 0 saturated heterocycles. The second-order valence-electron chi connectivity index (χ2n) is 6.91. The molecule has 0 saturated carbocycles. The first-order chi connectivity index (χ1) is 15.2. The maximum Gasteiger partial charge on any atom is 0.238 e. The van der Waals surface area contributed by atoms with E-state index < -0.39 is 0 Å². The molecule has 2 aromatic carbocycles. The van der Waals surface area contributed by atoms with E-state index in [1.54, 1.807) is 30.2 Å². The number of fused-ring (bicyclic) bond motifs is 1. The van der Waals surface area contributed by atoms with Gasteiger partial charge in [0.05, 0.1) is 23.7 Å². The van der Waals surface area contributed by atoms with E-state index in [1.807, 2.05) is 41.3 Å². The maximum absolute atomic E-state index is 13.4. The molecule has 0 unspecified atom stereocenters. The number of para-hydroxylation sites is 1. The van der Waals surface area contributed by atoms with Gasteiger partial charge in [-0.25, -0.2) is 4.68 Å². The number of carbonyl (C=O) groups is 1. The Bertz CT molecular complexity index is 1190. The van der Waals surface area contributed by atoms with Crippen LogP contribution in [0.2, 0.25) is 0 Å². The van der Waals surface area contributed by atoms with Gasteiger partial charge in [0.2, 0.25) is 16.9 Å². The van der Waals surface area contributed by atoms with Crippen LogP contribution in [0.25, 0.3) is 11.6 Å². The van der Waals surface area contributed by atoms with Crippen LogP contribution < -0.4 is 10.7 Å². The van der Waals surface area contributed by atoms with E-state index >= 15 is 0 Å². The summed E-state index contributed by atoms with van der Waals surface area (Å²) in [7, 11) is 0. The Hall–Kier alpha value is -3.17. The van der Waals surface area contributed by atoms with E-state index in [9.17, 15) is 4.79 Å². The van der Waals surface area contributed by atoms with Crippen LogP contribution in [0.3, 0.4) is 0 Å². The predicted molar refractivity (Wildman–Crippen MR) is 122 cm³/mol. The van der Waals surface area contributed by atoms with Crippen molar-refractivity contribution in [3.63, 3.8) is 0 Å². The number of carbonyl (C=O) groups excluding carboxylic acids is 1. The molecule has 0 aliphatic carbocycles. The first-order valence-electron chi connectivity index (χ1n) is 9.68. The summed E-state index contributed by atoms with van der Waals surface area (Å²) in [5.41, 5.74) is 2.05. The maximum atomic E-state index is 13.4. The van der Waals surface area contributed by atoms with E-state index in [1.165, 1.54) is 16.4 Å². The molecule has 3 heterocycles. The molecule has 1 aliphatic rings. The fraction of sp³-hybridized carbons (Fsp3) is 0.136. The second-order valence-corrected chi connectivity index (χ2v) is 8.92. The molecule has 1 amide bonds. The minimum Gasteiger partial charge on any atom is -0.461 e. The lowest BCUT2D eigenvalue weighted by molar-refractivity contribution is -0.116. The normalized spacial score (nSPS) is 15.6. The summed E-state index contributed by atoms with van der Waals surface area (Å²) in [6, 6.07) is 21.6. The van der Waals surface area contributed by atoms with Crippen LogP contribution in [0.1, 0.15) is 11.6 Å². The molecular weight excluding hydrogens is 430 g/mol. The van der Waals surface area contributed by atoms with Gasteiger partial charge in [0, 0.05) is 10.6 Å². The molecule has 7 nitrogen and oxygen atoms in total. The van der Waals surface area contributed by atoms with E-state index in [0.29, 0.717) is 16.7 Å². The van der Waals surface area contributed by atoms with Crippen LogP contribution in [0.4, 0.5) is 5.69 Å². The van der Waals surface area contributed by atoms with Crippen molar-refractivity contribution in [3.8, 4) is 11.6 Å². The summed E-state index contributed by atoms with van der Waals surface area (Å²) in [5.74, 6) is 8.07. The van der Waals surface area contributed by atoms with Crippen LogP contribution in [-0.4, -0.2) is 32.3 Å². The average Bonchev–Trinajstić information content (AvgIpc) is 3.47. The van der Waals surface area contributed by atoms with E-state index in [-0.39, 0.29) is 17.7 Å². The molecule has 2 N–H and O–H groups in total. The number of nitrogens with zero attached hydrogens (tertiary/aromatic N) is 4. The number of nitrogens with two attached hydrogens (primary N) is 1. The van der Waals surface area contributed by atoms with Gasteiger partial charge in [-0.3, -0.25) is 4.79 Å². The lowest BCUT2D eigenvalue weighted by Crippen LogP contribution is -2.39. The standard InChI is InChI=1S/C22H19N5O2S2/c23-27-21(18-10-6-12-29-18)24-25-22(27)31-14-20(28)26-16-9-4-5-11-19(16)30-13-17(26)15-7-2-1-3-8-15/h1-12,17H,13-14,23H2/t17-/m1/s1. The summed E-state index contributed by atoms with van der Waals surface area (Å²) in [4.78, 5) is 16.5. The van der Waals surface area contributed by atoms with Crippen LogP contribution >= 0.6 is 23.5 Å². The van der Waals surface area contributed by atoms with Gasteiger partial charge in [-0.1, -0.05) is 54.2 Å². The third-order valence-corrected chi connectivity index (χ3v) is 7.08. The van der Waals surface area contributed by atoms with E-state index in [2.05, 4.69) is 28.4 Å². The van der Waals surface area contributed by atoms with Crippen molar-refractivity contribution in [1.82, 2.24) is 14.9 Å². The number of furan rings is 1. The number of amides is 1. The van der Waals surface area contributed by atoms with Crippen LogP contribution in [0, 0.1) is 0 Å². The van der Waals surface area contributed by atoms with Crippen molar-refractivity contribution < 1.29 is 9.21 Å². The molecule has 156 valence electrons. The minimum absolute atomic E-state index is 0.00542. The summed E-state index contributed by atoms with van der Waals surface area (Å²) >= 11 is 3.04. The largest absolute Gasteiger partial charge is 0.461 e. The number of rotatable bonds is 5. The van der Waals surface area contributed by atoms with Crippen molar-refractivity contribution in [1.29, 1.82) is 0 Å². The zero-order valence-corrected chi connectivity index (χ0v) is 18.1. The van der Waals surface area contributed by atoms with Gasteiger partial charge in [-0.05, 0) is 29.8 Å². The topological polar surface area (TPSA) is 90.2 Å². The van der Waals surface area contributed by atoms with Crippen LogP contribution in [0.5, 0.6) is 0 Å². The number of hydrogen-bond donors (Lipinski definition) is 1. The molecule has 0 bridgehead atoms. The van der Waals surface area contributed by atoms with Crippen molar-refractivity contribution >= 4 is 35.1 Å². The molecule has 0 radical (unpaired) electrons. The van der Waals surface area contributed by atoms with Crippen molar-refractivity contribution in [2.45, 2.75) is 16.1 Å². The van der Waals surface area contributed by atoms with Crippen LogP contribution in [0.15, 0.2) is 87.5 Å². The summed E-state index contributed by atoms with van der Waals surface area (Å²) < 4.78 is 6.70. The summed E-state index contributed by atoms with van der Waals surface area (Å²) in [6.45, 7) is 0. The highest BCUT2D eigenvalue weighted by atomic mass is 32.2. The van der Waals surface area contributed by atoms with Gasteiger partial charge >= 0.3 is 0 Å². The third kappa shape index (κ3) is 3.82. The Morgan fingerprint density at radius 3 is 2.71 bits per heavy atom. The molecule has 1 atom stereocenters. The Morgan fingerprint density at radius 1 is 1.10 bits per heavy atom. The lowest BCUT2D eigenvalue weighted by atomic mass is 10.1.